The zero-order valence-corrected chi connectivity index (χ0v) is 11.1. The average molecular weight is 240 g/mol. The molecule has 17 heavy (non-hydrogen) atoms. The van der Waals surface area contributed by atoms with Gasteiger partial charge in [0.25, 0.3) is 0 Å². The molecular formula is C13H24N2O2. The minimum Gasteiger partial charge on any atom is -0.370 e. The van der Waals surface area contributed by atoms with Gasteiger partial charge in [-0.25, -0.2) is 4.98 Å². The van der Waals surface area contributed by atoms with E-state index in [4.69, 9.17) is 9.47 Å². The van der Waals surface area contributed by atoms with Crippen LogP contribution in [0.5, 0.6) is 0 Å². The van der Waals surface area contributed by atoms with Gasteiger partial charge in [0, 0.05) is 22.2 Å². The lowest BCUT2D eigenvalue weighted by Crippen LogP contribution is -2.15. The Hall–Kier alpha value is -1.13. The molecule has 4 nitrogen and oxygen atoms in total. The fourth-order valence-electron chi connectivity index (χ4n) is 1.81. The smallest absolute Gasteiger partial charge is 0.200 e. The molecule has 0 radical (unpaired) electrons. The Morgan fingerprint density at radius 1 is 1.29 bits per heavy atom. The van der Waals surface area contributed by atoms with Crippen molar-refractivity contribution in [2.45, 2.75) is 33.0 Å². The first-order chi connectivity index (χ1) is 8.35. The van der Waals surface area contributed by atoms with Crippen molar-refractivity contribution in [2.75, 3.05) is 26.1 Å². The number of aryl methyl sites for hydroxylation is 1. The van der Waals surface area contributed by atoms with Gasteiger partial charge in [-0.15, -0.1) is 0 Å². The predicted molar refractivity (Wildman–Crippen MR) is 71.3 cm³/mol. The SMILES string of the molecule is CC.COC(OC)c1ccc2c(n1)NCCC2.[HH]. The van der Waals surface area contributed by atoms with Crippen molar-refractivity contribution in [3.63, 3.8) is 0 Å². The summed E-state index contributed by atoms with van der Waals surface area (Å²) in [5.41, 5.74) is 2.09. The van der Waals surface area contributed by atoms with Crippen molar-refractivity contribution < 1.29 is 10.9 Å². The van der Waals surface area contributed by atoms with Crippen LogP contribution in [0.1, 0.15) is 39.2 Å². The molecule has 0 aromatic carbocycles. The standard InChI is InChI=1S/C11H16N2O2.C2H6.H2/c1-14-11(15-2)9-6-5-8-4-3-7-12-10(8)13-9;1-2;/h5-6,11H,3-4,7H2,1-2H3,(H,12,13);1-2H3;1H. The highest BCUT2D eigenvalue weighted by molar-refractivity contribution is 5.47. The Balaban J connectivity index is 0.000000917. The van der Waals surface area contributed by atoms with Crippen LogP contribution in [0.2, 0.25) is 0 Å². The number of hydrogen-bond donors (Lipinski definition) is 1. The average Bonchev–Trinajstić information content (AvgIpc) is 2.42. The van der Waals surface area contributed by atoms with Crippen LogP contribution in [0.15, 0.2) is 12.1 Å². The molecule has 2 heterocycles. The molecule has 0 aliphatic carbocycles. The van der Waals surface area contributed by atoms with Crippen LogP contribution in [-0.2, 0) is 15.9 Å². The number of rotatable bonds is 3. The van der Waals surface area contributed by atoms with E-state index >= 15 is 0 Å². The molecule has 1 aliphatic heterocycles. The van der Waals surface area contributed by atoms with Crippen LogP contribution in [0.4, 0.5) is 5.82 Å². The van der Waals surface area contributed by atoms with Gasteiger partial charge in [-0.05, 0) is 24.5 Å². The summed E-state index contributed by atoms with van der Waals surface area (Å²) in [6.07, 6.45) is 1.89. The summed E-state index contributed by atoms with van der Waals surface area (Å²) >= 11 is 0. The summed E-state index contributed by atoms with van der Waals surface area (Å²) in [5.74, 6) is 0.970. The molecular weight excluding hydrogens is 216 g/mol. The summed E-state index contributed by atoms with van der Waals surface area (Å²) in [5, 5.41) is 3.28. The highest BCUT2D eigenvalue weighted by Crippen LogP contribution is 2.23. The molecule has 0 saturated carbocycles. The fourth-order valence-corrected chi connectivity index (χ4v) is 1.81. The monoisotopic (exact) mass is 240 g/mol. The van der Waals surface area contributed by atoms with E-state index in [0.29, 0.717) is 0 Å². The molecule has 0 amide bonds. The van der Waals surface area contributed by atoms with E-state index in [1.54, 1.807) is 14.2 Å². The second-order valence-corrected chi connectivity index (χ2v) is 3.58. The maximum atomic E-state index is 5.16. The molecule has 0 fully saturated rings. The maximum Gasteiger partial charge on any atom is 0.200 e. The number of methoxy groups -OCH3 is 2. The molecule has 1 aromatic rings. The Kier molecular flexibility index (Phi) is 5.94. The van der Waals surface area contributed by atoms with Gasteiger partial charge in [0.15, 0.2) is 0 Å². The Bertz CT molecular complexity index is 344. The van der Waals surface area contributed by atoms with Crippen molar-refractivity contribution in [1.29, 1.82) is 0 Å². The molecule has 2 rings (SSSR count). The van der Waals surface area contributed by atoms with Gasteiger partial charge in [-0.3, -0.25) is 0 Å². The van der Waals surface area contributed by atoms with Gasteiger partial charge < -0.3 is 14.8 Å². The molecule has 0 spiro atoms. The van der Waals surface area contributed by atoms with E-state index in [1.165, 1.54) is 12.0 Å². The van der Waals surface area contributed by atoms with E-state index in [-0.39, 0.29) is 7.72 Å². The molecule has 1 aromatic heterocycles. The van der Waals surface area contributed by atoms with Crippen LogP contribution in [-0.4, -0.2) is 25.7 Å². The summed E-state index contributed by atoms with van der Waals surface area (Å²) in [6, 6.07) is 4.05. The second-order valence-electron chi connectivity index (χ2n) is 3.58. The topological polar surface area (TPSA) is 43.4 Å². The number of anilines is 1. The maximum absolute atomic E-state index is 5.16. The van der Waals surface area contributed by atoms with E-state index in [0.717, 1.165) is 24.5 Å². The third-order valence-corrected chi connectivity index (χ3v) is 2.59. The summed E-state index contributed by atoms with van der Waals surface area (Å²) in [6.45, 7) is 4.99. The number of pyridine rings is 1. The van der Waals surface area contributed by atoms with Gasteiger partial charge in [0.1, 0.15) is 5.82 Å². The van der Waals surface area contributed by atoms with Crippen LogP contribution in [0.25, 0.3) is 0 Å². The van der Waals surface area contributed by atoms with E-state index in [9.17, 15) is 0 Å². The number of hydrogen-bond acceptors (Lipinski definition) is 4. The van der Waals surface area contributed by atoms with Crippen LogP contribution in [0, 0.1) is 0 Å². The van der Waals surface area contributed by atoms with Crippen molar-refractivity contribution in [1.82, 2.24) is 4.98 Å². The van der Waals surface area contributed by atoms with Gasteiger partial charge in [-0.2, -0.15) is 0 Å². The lowest BCUT2D eigenvalue weighted by Gasteiger charge is -2.19. The van der Waals surface area contributed by atoms with Gasteiger partial charge in [0.2, 0.25) is 6.29 Å². The Morgan fingerprint density at radius 3 is 2.65 bits per heavy atom. The van der Waals surface area contributed by atoms with Crippen molar-refractivity contribution in [3.05, 3.63) is 23.4 Å². The lowest BCUT2D eigenvalue weighted by molar-refractivity contribution is -0.108. The van der Waals surface area contributed by atoms with Crippen molar-refractivity contribution in [2.24, 2.45) is 0 Å². The first kappa shape index (κ1) is 13.9. The first-order valence-electron chi connectivity index (χ1n) is 6.14. The third-order valence-electron chi connectivity index (χ3n) is 2.59. The Morgan fingerprint density at radius 2 is 2.00 bits per heavy atom. The summed E-state index contributed by atoms with van der Waals surface area (Å²) in [7, 11) is 3.23. The third kappa shape index (κ3) is 3.41. The quantitative estimate of drug-likeness (QED) is 0.825. The largest absolute Gasteiger partial charge is 0.370 e. The van der Waals surface area contributed by atoms with Crippen molar-refractivity contribution >= 4 is 5.82 Å². The highest BCUT2D eigenvalue weighted by atomic mass is 16.7. The number of fused-ring (bicyclic) bond motifs is 1. The molecule has 4 heteroatoms. The van der Waals surface area contributed by atoms with Gasteiger partial charge in [0.05, 0.1) is 5.69 Å². The fraction of sp³-hybridized carbons (Fsp3) is 0.615. The molecule has 0 bridgehead atoms. The van der Waals surface area contributed by atoms with E-state index in [1.807, 2.05) is 19.9 Å². The molecule has 1 N–H and O–H groups in total. The predicted octanol–water partition coefficient (Wildman–Crippen LogP) is 3.00. The van der Waals surface area contributed by atoms with E-state index < -0.39 is 0 Å². The normalized spacial score (nSPS) is 13.5. The minimum atomic E-state index is -0.376. The summed E-state index contributed by atoms with van der Waals surface area (Å²) in [4.78, 5) is 4.49. The number of nitrogens with zero attached hydrogens (tertiary/aromatic N) is 1. The second kappa shape index (κ2) is 7.25. The highest BCUT2D eigenvalue weighted by Gasteiger charge is 2.15. The lowest BCUT2D eigenvalue weighted by atomic mass is 10.1. The zero-order chi connectivity index (χ0) is 12.7. The molecule has 98 valence electrons. The Labute approximate surface area is 105 Å². The van der Waals surface area contributed by atoms with Gasteiger partial charge in [-0.1, -0.05) is 19.9 Å². The molecule has 0 atom stereocenters. The number of aromatic nitrogens is 1. The van der Waals surface area contributed by atoms with Crippen LogP contribution in [0.3, 0.4) is 0 Å². The van der Waals surface area contributed by atoms with Crippen LogP contribution >= 0.6 is 0 Å². The zero-order valence-electron chi connectivity index (χ0n) is 11.1. The molecule has 1 aliphatic rings. The molecule has 0 unspecified atom stereocenters. The summed E-state index contributed by atoms with van der Waals surface area (Å²) < 4.78 is 10.3. The molecule has 0 saturated heterocycles. The minimum absolute atomic E-state index is 0. The first-order valence-corrected chi connectivity index (χ1v) is 6.14. The van der Waals surface area contributed by atoms with Crippen molar-refractivity contribution in [3.8, 4) is 0 Å². The number of ether oxygens (including phenoxy) is 2. The number of nitrogens with one attached hydrogen (secondary N) is 1. The van der Waals surface area contributed by atoms with E-state index in [2.05, 4.69) is 16.4 Å². The van der Waals surface area contributed by atoms with Crippen LogP contribution < -0.4 is 5.32 Å². The van der Waals surface area contributed by atoms with Gasteiger partial charge >= 0.3 is 0 Å².